The molecule has 2 aliphatic rings. The Balaban J connectivity index is 1.69. The number of aromatic nitrogens is 3. The lowest BCUT2D eigenvalue weighted by Gasteiger charge is -2.31. The number of rotatable bonds is 2. The summed E-state index contributed by atoms with van der Waals surface area (Å²) in [5, 5.41) is 12.0. The summed E-state index contributed by atoms with van der Waals surface area (Å²) < 4.78 is 6.82. The van der Waals surface area contributed by atoms with Gasteiger partial charge in [0.05, 0.1) is 29.0 Å². The fourth-order valence-electron chi connectivity index (χ4n) is 4.87. The third-order valence-electron chi connectivity index (χ3n) is 6.55. The number of hydrogen-bond donors (Lipinski definition) is 1. The average molecular weight is 425 g/mol. The van der Waals surface area contributed by atoms with E-state index >= 15 is 0 Å². The van der Waals surface area contributed by atoms with Crippen LogP contribution in [0.2, 0.25) is 0 Å². The van der Waals surface area contributed by atoms with Crippen molar-refractivity contribution in [3.8, 4) is 22.5 Å². The quantitative estimate of drug-likeness (QED) is 0.437. The molecule has 32 heavy (non-hydrogen) atoms. The zero-order valence-corrected chi connectivity index (χ0v) is 17.3. The van der Waals surface area contributed by atoms with Gasteiger partial charge in [0.2, 0.25) is 0 Å². The lowest BCUT2D eigenvalue weighted by Crippen LogP contribution is -2.44. The molecule has 0 radical (unpaired) electrons. The van der Waals surface area contributed by atoms with Gasteiger partial charge in [-0.3, -0.25) is 9.78 Å². The number of cyclic esters (lactones) is 1. The summed E-state index contributed by atoms with van der Waals surface area (Å²) in [5.41, 5.74) is 3.45. The van der Waals surface area contributed by atoms with Crippen LogP contribution < -0.4 is 5.56 Å². The van der Waals surface area contributed by atoms with Gasteiger partial charge in [-0.05, 0) is 30.2 Å². The summed E-state index contributed by atoms with van der Waals surface area (Å²) in [7, 11) is 0. The standard InChI is InChI=1S/C25H19N3O4/c1-2-25(31)18-10-20-22-16(12-28(20)23(29)17(18)13-32-24(25)30)21(14-6-5-9-26-11-14)15-7-3-4-8-19(15)27-22/h3-11,31H,2,12-13H2,1H3/t25-/m0/s1. The molecule has 1 aromatic carbocycles. The van der Waals surface area contributed by atoms with Crippen molar-refractivity contribution in [2.45, 2.75) is 32.1 Å². The number of hydrogen-bond acceptors (Lipinski definition) is 6. The van der Waals surface area contributed by atoms with Crippen molar-refractivity contribution in [3.05, 3.63) is 81.9 Å². The van der Waals surface area contributed by atoms with Crippen LogP contribution in [0, 0.1) is 0 Å². The Morgan fingerprint density at radius 2 is 2.00 bits per heavy atom. The lowest BCUT2D eigenvalue weighted by molar-refractivity contribution is -0.172. The van der Waals surface area contributed by atoms with Crippen molar-refractivity contribution in [1.29, 1.82) is 0 Å². The van der Waals surface area contributed by atoms with Gasteiger partial charge in [0, 0.05) is 34.5 Å². The molecule has 158 valence electrons. The van der Waals surface area contributed by atoms with Gasteiger partial charge >= 0.3 is 5.97 Å². The Morgan fingerprint density at radius 3 is 2.78 bits per heavy atom. The number of pyridine rings is 3. The van der Waals surface area contributed by atoms with Crippen molar-refractivity contribution < 1.29 is 14.6 Å². The first kappa shape index (κ1) is 18.9. The highest BCUT2D eigenvalue weighted by atomic mass is 16.6. The molecule has 0 spiro atoms. The second-order valence-corrected chi connectivity index (χ2v) is 8.18. The number of nitrogens with zero attached hydrogens (tertiary/aromatic N) is 3. The molecular weight excluding hydrogens is 406 g/mol. The summed E-state index contributed by atoms with van der Waals surface area (Å²) in [6, 6.07) is 13.5. The van der Waals surface area contributed by atoms with Crippen LogP contribution in [0.4, 0.5) is 0 Å². The maximum absolute atomic E-state index is 13.4. The first-order valence-electron chi connectivity index (χ1n) is 10.5. The molecule has 7 heteroatoms. The van der Waals surface area contributed by atoms with Crippen molar-refractivity contribution in [2.24, 2.45) is 0 Å². The summed E-state index contributed by atoms with van der Waals surface area (Å²) in [6.45, 7) is 1.90. The molecule has 0 saturated carbocycles. The van der Waals surface area contributed by atoms with E-state index in [-0.39, 0.29) is 18.6 Å². The van der Waals surface area contributed by atoms with Gasteiger partial charge in [0.1, 0.15) is 6.61 Å². The molecule has 0 amide bonds. The number of benzene rings is 1. The molecule has 0 unspecified atom stereocenters. The van der Waals surface area contributed by atoms with Gasteiger partial charge < -0.3 is 14.4 Å². The monoisotopic (exact) mass is 425 g/mol. The molecule has 1 atom stereocenters. The molecule has 6 rings (SSSR count). The maximum Gasteiger partial charge on any atom is 0.343 e. The van der Waals surface area contributed by atoms with Crippen LogP contribution in [0.15, 0.2) is 59.7 Å². The molecule has 2 aliphatic heterocycles. The second kappa shape index (κ2) is 6.58. The SMILES string of the molecule is CC[C@@]1(O)C(=O)OCc2c1cc1n(c2=O)Cc2c-1nc1ccccc1c2-c1cccnc1. The predicted octanol–water partition coefficient (Wildman–Crippen LogP) is 3.14. The number of esters is 1. The molecule has 0 aliphatic carbocycles. The van der Waals surface area contributed by atoms with Crippen LogP contribution in [-0.4, -0.2) is 25.6 Å². The minimum absolute atomic E-state index is 0.112. The zero-order chi connectivity index (χ0) is 22.0. The number of para-hydroxylation sites is 1. The van der Waals surface area contributed by atoms with E-state index in [0.717, 1.165) is 27.6 Å². The van der Waals surface area contributed by atoms with Crippen LogP contribution in [0.1, 0.15) is 30.0 Å². The van der Waals surface area contributed by atoms with Gasteiger partial charge in [0.25, 0.3) is 5.56 Å². The fraction of sp³-hybridized carbons (Fsp3) is 0.200. The fourth-order valence-corrected chi connectivity index (χ4v) is 4.87. The molecule has 1 N–H and O–H groups in total. The number of aliphatic hydroxyl groups is 1. The smallest absolute Gasteiger partial charge is 0.343 e. The van der Waals surface area contributed by atoms with Crippen molar-refractivity contribution in [3.63, 3.8) is 0 Å². The molecule has 0 saturated heterocycles. The highest BCUT2D eigenvalue weighted by Gasteiger charge is 2.45. The normalized spacial score (nSPS) is 18.8. The van der Waals surface area contributed by atoms with E-state index in [1.54, 1.807) is 30.0 Å². The van der Waals surface area contributed by atoms with Crippen LogP contribution in [0.5, 0.6) is 0 Å². The molecule has 4 aromatic rings. The number of carbonyl (C=O) groups excluding carboxylic acids is 1. The van der Waals surface area contributed by atoms with Crippen LogP contribution in [-0.2, 0) is 28.3 Å². The molecule has 5 heterocycles. The maximum atomic E-state index is 13.4. The molecule has 0 bridgehead atoms. The number of carbonyl (C=O) groups is 1. The first-order valence-corrected chi connectivity index (χ1v) is 10.5. The Hall–Kier alpha value is -3.84. The van der Waals surface area contributed by atoms with E-state index < -0.39 is 11.6 Å². The minimum atomic E-state index is -1.84. The van der Waals surface area contributed by atoms with Crippen molar-refractivity contribution in [1.82, 2.24) is 14.5 Å². The second-order valence-electron chi connectivity index (χ2n) is 8.18. The molecule has 7 nitrogen and oxygen atoms in total. The summed E-state index contributed by atoms with van der Waals surface area (Å²) in [6.07, 6.45) is 3.64. The van der Waals surface area contributed by atoms with Crippen LogP contribution >= 0.6 is 0 Å². The molecule has 0 fully saturated rings. The number of fused-ring (bicyclic) bond motifs is 5. The third-order valence-corrected chi connectivity index (χ3v) is 6.55. The Bertz CT molecular complexity index is 1490. The van der Waals surface area contributed by atoms with E-state index in [9.17, 15) is 14.7 Å². The highest BCUT2D eigenvalue weighted by Crippen LogP contribution is 2.42. The van der Waals surface area contributed by atoms with E-state index in [2.05, 4.69) is 4.98 Å². The Labute approximate surface area is 183 Å². The van der Waals surface area contributed by atoms with E-state index in [1.165, 1.54) is 0 Å². The average Bonchev–Trinajstić information content (AvgIpc) is 3.19. The largest absolute Gasteiger partial charge is 0.458 e. The summed E-state index contributed by atoms with van der Waals surface area (Å²) in [4.78, 5) is 35.0. The third kappa shape index (κ3) is 2.39. The first-order chi connectivity index (χ1) is 15.5. The van der Waals surface area contributed by atoms with Gasteiger partial charge in [-0.2, -0.15) is 0 Å². The van der Waals surface area contributed by atoms with Gasteiger partial charge in [-0.15, -0.1) is 0 Å². The van der Waals surface area contributed by atoms with E-state index in [1.807, 2.05) is 36.4 Å². The minimum Gasteiger partial charge on any atom is -0.458 e. The van der Waals surface area contributed by atoms with Crippen LogP contribution in [0.25, 0.3) is 33.4 Å². The Morgan fingerprint density at radius 1 is 1.16 bits per heavy atom. The van der Waals surface area contributed by atoms with Gasteiger partial charge in [0.15, 0.2) is 5.60 Å². The van der Waals surface area contributed by atoms with E-state index in [0.29, 0.717) is 29.1 Å². The predicted molar refractivity (Wildman–Crippen MR) is 118 cm³/mol. The van der Waals surface area contributed by atoms with Crippen molar-refractivity contribution >= 4 is 16.9 Å². The Kier molecular flexibility index (Phi) is 3.88. The van der Waals surface area contributed by atoms with Crippen LogP contribution in [0.3, 0.4) is 0 Å². The molecular formula is C25H19N3O4. The van der Waals surface area contributed by atoms with E-state index in [4.69, 9.17) is 9.72 Å². The number of ether oxygens (including phenoxy) is 1. The topological polar surface area (TPSA) is 94.3 Å². The molecule has 3 aromatic heterocycles. The van der Waals surface area contributed by atoms with Gasteiger partial charge in [-0.1, -0.05) is 31.2 Å². The van der Waals surface area contributed by atoms with Gasteiger partial charge in [-0.25, -0.2) is 9.78 Å². The van der Waals surface area contributed by atoms with Crippen molar-refractivity contribution in [2.75, 3.05) is 0 Å². The lowest BCUT2D eigenvalue weighted by atomic mass is 9.86. The highest BCUT2D eigenvalue weighted by molar-refractivity contribution is 5.99. The summed E-state index contributed by atoms with van der Waals surface area (Å²) in [5.74, 6) is -0.724. The zero-order valence-electron chi connectivity index (χ0n) is 17.3. The summed E-state index contributed by atoms with van der Waals surface area (Å²) >= 11 is 0.